The largest absolute Gasteiger partial charge is 0.352 e. The van der Waals surface area contributed by atoms with Gasteiger partial charge < -0.3 is 15.6 Å². The summed E-state index contributed by atoms with van der Waals surface area (Å²) in [6.07, 6.45) is 4.04. The van der Waals surface area contributed by atoms with Crippen molar-refractivity contribution in [3.8, 4) is 0 Å². The average molecular weight is 353 g/mol. The van der Waals surface area contributed by atoms with Gasteiger partial charge >= 0.3 is 0 Å². The minimum Gasteiger partial charge on any atom is -0.352 e. The number of fused-ring (bicyclic) bond motifs is 1. The van der Waals surface area contributed by atoms with Crippen LogP contribution in [-0.2, 0) is 0 Å². The van der Waals surface area contributed by atoms with Gasteiger partial charge in [-0.2, -0.15) is 0 Å². The highest BCUT2D eigenvalue weighted by Crippen LogP contribution is 2.41. The van der Waals surface area contributed by atoms with E-state index >= 15 is 0 Å². The number of nitrogens with one attached hydrogen (secondary N) is 1. The number of hydrogen-bond donors (Lipinski definition) is 2. The molecule has 6 nitrogen and oxygen atoms in total. The lowest BCUT2D eigenvalue weighted by atomic mass is 10.0. The second kappa shape index (κ2) is 7.94. The first kappa shape index (κ1) is 18.7. The predicted molar refractivity (Wildman–Crippen MR) is 95.7 cm³/mol. The third-order valence-corrected chi connectivity index (χ3v) is 4.20. The lowest BCUT2D eigenvalue weighted by molar-refractivity contribution is 0.0954. The maximum atomic E-state index is 12.7. The van der Waals surface area contributed by atoms with Crippen LogP contribution in [0.2, 0.25) is 0 Å². The number of carbonyl (C=O) groups is 1. The Morgan fingerprint density at radius 1 is 1.42 bits per heavy atom. The van der Waals surface area contributed by atoms with E-state index in [-0.39, 0.29) is 24.2 Å². The van der Waals surface area contributed by atoms with E-state index in [9.17, 15) is 4.79 Å². The van der Waals surface area contributed by atoms with Crippen LogP contribution in [0.5, 0.6) is 0 Å². The monoisotopic (exact) mass is 352 g/mol. The van der Waals surface area contributed by atoms with Crippen molar-refractivity contribution in [3.05, 3.63) is 23.0 Å². The van der Waals surface area contributed by atoms with Gasteiger partial charge in [0.15, 0.2) is 0 Å². The van der Waals surface area contributed by atoms with Gasteiger partial charge in [-0.05, 0) is 44.2 Å². The quantitative estimate of drug-likeness (QED) is 0.746. The van der Waals surface area contributed by atoms with Crippen LogP contribution in [0.15, 0.2) is 10.6 Å². The lowest BCUT2D eigenvalue weighted by Crippen LogP contribution is -2.25. The molecule has 2 aromatic heterocycles. The van der Waals surface area contributed by atoms with Crippen LogP contribution in [0, 0.1) is 0 Å². The van der Waals surface area contributed by atoms with Gasteiger partial charge in [-0.3, -0.25) is 4.79 Å². The molecular formula is C17H25ClN4O2. The minimum absolute atomic E-state index is 0. The Bertz CT molecular complexity index is 710. The highest BCUT2D eigenvalue weighted by molar-refractivity contribution is 6.06. The second-order valence-electron chi connectivity index (χ2n) is 6.52. The highest BCUT2D eigenvalue weighted by atomic mass is 35.5. The molecule has 7 heteroatoms. The number of halogens is 1. The molecule has 1 aliphatic rings. The van der Waals surface area contributed by atoms with Crippen molar-refractivity contribution < 1.29 is 9.32 Å². The fourth-order valence-electron chi connectivity index (χ4n) is 2.72. The van der Waals surface area contributed by atoms with Crippen molar-refractivity contribution in [2.24, 2.45) is 5.73 Å². The van der Waals surface area contributed by atoms with Crippen molar-refractivity contribution in [2.45, 2.75) is 51.4 Å². The van der Waals surface area contributed by atoms with E-state index in [0.29, 0.717) is 30.3 Å². The Morgan fingerprint density at radius 2 is 2.17 bits per heavy atom. The summed E-state index contributed by atoms with van der Waals surface area (Å²) in [5.41, 5.74) is 8.33. The van der Waals surface area contributed by atoms with Gasteiger partial charge in [-0.1, -0.05) is 19.0 Å². The number of pyridine rings is 1. The Labute approximate surface area is 148 Å². The first-order chi connectivity index (χ1) is 11.1. The van der Waals surface area contributed by atoms with Crippen molar-refractivity contribution >= 4 is 29.4 Å². The van der Waals surface area contributed by atoms with Crippen molar-refractivity contribution in [1.82, 2.24) is 15.5 Å². The molecule has 1 saturated carbocycles. The first-order valence-corrected chi connectivity index (χ1v) is 8.40. The van der Waals surface area contributed by atoms with Gasteiger partial charge in [0, 0.05) is 18.2 Å². The molecule has 0 bridgehead atoms. The molecular weight excluding hydrogens is 328 g/mol. The summed E-state index contributed by atoms with van der Waals surface area (Å²) in [5.74, 6) is 0.547. The number of nitrogens with zero attached hydrogens (tertiary/aromatic N) is 2. The summed E-state index contributed by atoms with van der Waals surface area (Å²) >= 11 is 0. The zero-order valence-electron chi connectivity index (χ0n) is 14.2. The van der Waals surface area contributed by atoms with Crippen LogP contribution < -0.4 is 11.1 Å². The normalized spacial score (nSPS) is 14.0. The molecule has 0 spiro atoms. The Kier molecular flexibility index (Phi) is 6.18. The van der Waals surface area contributed by atoms with Gasteiger partial charge in [-0.25, -0.2) is 4.98 Å². The highest BCUT2D eigenvalue weighted by Gasteiger charge is 2.29. The molecule has 0 aromatic carbocycles. The SMILES string of the molecule is CC(C)c1noc2nc(C3CC3)cc(C(=O)NCCCCN)c12.Cl. The van der Waals surface area contributed by atoms with E-state index in [1.807, 2.05) is 19.9 Å². The van der Waals surface area contributed by atoms with E-state index in [2.05, 4.69) is 15.5 Å². The number of hydrogen-bond acceptors (Lipinski definition) is 5. The van der Waals surface area contributed by atoms with E-state index in [1.165, 1.54) is 0 Å². The van der Waals surface area contributed by atoms with Crippen LogP contribution in [0.1, 0.15) is 73.1 Å². The molecule has 0 radical (unpaired) electrons. The number of aromatic nitrogens is 2. The third kappa shape index (κ3) is 3.87. The molecule has 0 aliphatic heterocycles. The molecule has 2 heterocycles. The van der Waals surface area contributed by atoms with Crippen LogP contribution in [0.4, 0.5) is 0 Å². The topological polar surface area (TPSA) is 94.0 Å². The predicted octanol–water partition coefficient (Wildman–Crippen LogP) is 3.11. The molecule has 3 rings (SSSR count). The maximum Gasteiger partial charge on any atom is 0.259 e. The van der Waals surface area contributed by atoms with E-state index < -0.39 is 0 Å². The van der Waals surface area contributed by atoms with Gasteiger partial charge in [0.1, 0.15) is 0 Å². The van der Waals surface area contributed by atoms with Crippen LogP contribution in [0.25, 0.3) is 11.1 Å². The van der Waals surface area contributed by atoms with Gasteiger partial charge in [0.2, 0.25) is 0 Å². The fourth-order valence-corrected chi connectivity index (χ4v) is 2.72. The van der Waals surface area contributed by atoms with Crippen molar-refractivity contribution in [3.63, 3.8) is 0 Å². The molecule has 1 aliphatic carbocycles. The van der Waals surface area contributed by atoms with Gasteiger partial charge in [0.05, 0.1) is 16.6 Å². The fraction of sp³-hybridized carbons (Fsp3) is 0.588. The molecule has 3 N–H and O–H groups in total. The summed E-state index contributed by atoms with van der Waals surface area (Å²) in [4.78, 5) is 17.2. The van der Waals surface area contributed by atoms with E-state index in [0.717, 1.165) is 42.5 Å². The molecule has 1 amide bonds. The Morgan fingerprint density at radius 3 is 2.79 bits per heavy atom. The van der Waals surface area contributed by atoms with Crippen LogP contribution in [0.3, 0.4) is 0 Å². The second-order valence-corrected chi connectivity index (χ2v) is 6.52. The number of rotatable bonds is 7. The molecule has 132 valence electrons. The van der Waals surface area contributed by atoms with Crippen molar-refractivity contribution in [1.29, 1.82) is 0 Å². The summed E-state index contributed by atoms with van der Waals surface area (Å²) in [5, 5.41) is 7.86. The summed E-state index contributed by atoms with van der Waals surface area (Å²) < 4.78 is 5.41. The number of nitrogens with two attached hydrogens (primary N) is 1. The van der Waals surface area contributed by atoms with Gasteiger partial charge in [0.25, 0.3) is 11.6 Å². The van der Waals surface area contributed by atoms with E-state index in [4.69, 9.17) is 10.3 Å². The molecule has 1 fully saturated rings. The van der Waals surface area contributed by atoms with Crippen LogP contribution in [-0.4, -0.2) is 29.1 Å². The average Bonchev–Trinajstić information content (AvgIpc) is 3.29. The molecule has 2 aromatic rings. The standard InChI is InChI=1S/C17H24N4O2.ClH/c1-10(2)15-14-12(16(22)19-8-4-3-7-18)9-13(11-5-6-11)20-17(14)23-21-15;/h9-11H,3-8,18H2,1-2H3,(H,19,22);1H. The van der Waals surface area contributed by atoms with E-state index in [1.54, 1.807) is 0 Å². The Hall–Kier alpha value is -1.66. The molecule has 24 heavy (non-hydrogen) atoms. The smallest absolute Gasteiger partial charge is 0.259 e. The molecule has 0 saturated heterocycles. The number of unbranched alkanes of at least 4 members (excludes halogenated alkanes) is 1. The lowest BCUT2D eigenvalue weighted by Gasteiger charge is -2.09. The zero-order chi connectivity index (χ0) is 16.4. The number of amides is 1. The summed E-state index contributed by atoms with van der Waals surface area (Å²) in [7, 11) is 0. The molecule has 0 unspecified atom stereocenters. The minimum atomic E-state index is -0.0820. The van der Waals surface area contributed by atoms with Crippen molar-refractivity contribution in [2.75, 3.05) is 13.1 Å². The van der Waals surface area contributed by atoms with Gasteiger partial charge in [-0.15, -0.1) is 12.4 Å². The zero-order valence-corrected chi connectivity index (χ0v) is 15.0. The third-order valence-electron chi connectivity index (χ3n) is 4.20. The summed E-state index contributed by atoms with van der Waals surface area (Å²) in [6.45, 7) is 5.34. The first-order valence-electron chi connectivity index (χ1n) is 8.40. The molecule has 0 atom stereocenters. The van der Waals surface area contributed by atoms with Crippen LogP contribution >= 0.6 is 12.4 Å². The maximum absolute atomic E-state index is 12.7. The Balaban J connectivity index is 0.00000208. The number of carbonyl (C=O) groups excluding carboxylic acids is 1. The summed E-state index contributed by atoms with van der Waals surface area (Å²) in [6, 6.07) is 1.92.